The van der Waals surface area contributed by atoms with E-state index in [1.54, 1.807) is 24.8 Å². The van der Waals surface area contributed by atoms with Crippen molar-refractivity contribution in [2.75, 3.05) is 0 Å². The Morgan fingerprint density at radius 2 is 0.711 bits per heavy atom. The number of hydrogen-bond donors (Lipinski definition) is 0. The van der Waals surface area contributed by atoms with Crippen LogP contribution >= 0.6 is 0 Å². The second-order valence-corrected chi connectivity index (χ2v) is 8.51. The normalized spacial score (nSPS) is 11.2. The highest BCUT2D eigenvalue weighted by Crippen LogP contribution is 2.35. The summed E-state index contributed by atoms with van der Waals surface area (Å²) in [6, 6.07) is 26.9. The Balaban J connectivity index is 1.62. The molecule has 38 heavy (non-hydrogen) atoms. The molecule has 0 aliphatic rings. The van der Waals surface area contributed by atoms with Crippen molar-refractivity contribution in [1.82, 2.24) is 39.9 Å². The summed E-state index contributed by atoms with van der Waals surface area (Å²) >= 11 is 0. The van der Waals surface area contributed by atoms with E-state index in [2.05, 4.69) is 19.9 Å². The molecule has 1 aromatic carbocycles. The minimum absolute atomic E-state index is 0.489. The van der Waals surface area contributed by atoms with Gasteiger partial charge in [-0.3, -0.25) is 19.9 Å². The van der Waals surface area contributed by atoms with Crippen LogP contribution in [0.2, 0.25) is 0 Å². The lowest BCUT2D eigenvalue weighted by molar-refractivity contribution is 1.15. The van der Waals surface area contributed by atoms with Crippen molar-refractivity contribution in [3.8, 4) is 45.8 Å². The average molecular weight is 491 g/mol. The molecule has 6 heterocycles. The first kappa shape index (κ1) is 21.8. The molecule has 6 aromatic heterocycles. The van der Waals surface area contributed by atoms with E-state index in [1.807, 2.05) is 84.9 Å². The topological polar surface area (TPSA) is 103 Å². The van der Waals surface area contributed by atoms with Crippen LogP contribution < -0.4 is 0 Å². The highest BCUT2D eigenvalue weighted by atomic mass is 15.0. The predicted octanol–water partition coefficient (Wildman–Crippen LogP) is 5.82. The van der Waals surface area contributed by atoms with Crippen LogP contribution in [0.4, 0.5) is 0 Å². The molecule has 0 unspecified atom stereocenters. The quantitative estimate of drug-likeness (QED) is 0.284. The predicted molar refractivity (Wildman–Crippen MR) is 146 cm³/mol. The first-order valence-corrected chi connectivity index (χ1v) is 12.0. The molecule has 7 aromatic rings. The van der Waals surface area contributed by atoms with E-state index in [-0.39, 0.29) is 0 Å². The number of benzene rings is 1. The van der Waals surface area contributed by atoms with Gasteiger partial charge in [-0.2, -0.15) is 0 Å². The summed E-state index contributed by atoms with van der Waals surface area (Å²) in [4.78, 5) is 38.0. The Hall–Kier alpha value is -5.50. The molecule has 0 saturated heterocycles. The third-order valence-corrected chi connectivity index (χ3v) is 6.14. The van der Waals surface area contributed by atoms with Crippen molar-refractivity contribution in [3.05, 3.63) is 110 Å². The third kappa shape index (κ3) is 3.81. The fourth-order valence-electron chi connectivity index (χ4n) is 4.40. The lowest BCUT2D eigenvalue weighted by Gasteiger charge is -2.13. The summed E-state index contributed by atoms with van der Waals surface area (Å²) in [5.74, 6) is 0.979. The molecule has 8 heteroatoms. The molecule has 0 amide bonds. The van der Waals surface area contributed by atoms with Gasteiger partial charge in [-0.05, 0) is 60.7 Å². The first-order valence-electron chi connectivity index (χ1n) is 12.0. The van der Waals surface area contributed by atoms with Gasteiger partial charge in [0, 0.05) is 35.6 Å². The summed E-state index contributed by atoms with van der Waals surface area (Å²) in [5.41, 5.74) is 5.55. The largest absolute Gasteiger partial charge is 0.255 e. The maximum atomic E-state index is 5.00. The number of aromatic nitrogens is 8. The number of fused-ring (bicyclic) bond motifs is 3. The summed E-state index contributed by atoms with van der Waals surface area (Å²) in [6.45, 7) is 0. The molecule has 0 fully saturated rings. The van der Waals surface area contributed by atoms with Gasteiger partial charge in [-0.25, -0.2) is 19.9 Å². The van der Waals surface area contributed by atoms with E-state index < -0.39 is 0 Å². The number of pyridine rings is 4. The maximum Gasteiger partial charge on any atom is 0.179 e. The van der Waals surface area contributed by atoms with Crippen LogP contribution in [-0.2, 0) is 0 Å². The van der Waals surface area contributed by atoms with Gasteiger partial charge in [0.1, 0.15) is 33.8 Å². The molecule has 0 radical (unpaired) electrons. The van der Waals surface area contributed by atoms with E-state index in [0.29, 0.717) is 45.5 Å². The molecule has 0 N–H and O–H groups in total. The van der Waals surface area contributed by atoms with Crippen LogP contribution in [0.1, 0.15) is 0 Å². The number of rotatable bonds is 4. The zero-order chi connectivity index (χ0) is 25.3. The van der Waals surface area contributed by atoms with Crippen molar-refractivity contribution in [3.63, 3.8) is 0 Å². The van der Waals surface area contributed by atoms with E-state index in [9.17, 15) is 0 Å². The van der Waals surface area contributed by atoms with Crippen molar-refractivity contribution in [2.45, 2.75) is 0 Å². The fourth-order valence-corrected chi connectivity index (χ4v) is 4.40. The second-order valence-electron chi connectivity index (χ2n) is 8.51. The molecule has 0 aliphatic carbocycles. The van der Waals surface area contributed by atoms with Crippen LogP contribution in [-0.4, -0.2) is 39.9 Å². The van der Waals surface area contributed by atoms with E-state index in [1.165, 1.54) is 0 Å². The van der Waals surface area contributed by atoms with E-state index in [0.717, 1.165) is 22.2 Å². The Kier molecular flexibility index (Phi) is 5.26. The summed E-state index contributed by atoms with van der Waals surface area (Å²) in [6.07, 6.45) is 6.97. The highest BCUT2D eigenvalue weighted by Gasteiger charge is 2.20. The van der Waals surface area contributed by atoms with Gasteiger partial charge in [-0.1, -0.05) is 24.3 Å². The van der Waals surface area contributed by atoms with Crippen LogP contribution in [0, 0.1) is 0 Å². The zero-order valence-electron chi connectivity index (χ0n) is 20.0. The second kappa shape index (κ2) is 9.18. The monoisotopic (exact) mass is 490 g/mol. The van der Waals surface area contributed by atoms with Crippen molar-refractivity contribution in [2.24, 2.45) is 0 Å². The van der Waals surface area contributed by atoms with Crippen molar-refractivity contribution >= 4 is 21.8 Å². The maximum absolute atomic E-state index is 5.00. The van der Waals surface area contributed by atoms with E-state index in [4.69, 9.17) is 19.9 Å². The summed E-state index contributed by atoms with van der Waals surface area (Å²) in [5, 5.41) is 1.65. The molecule has 0 atom stereocenters. The average Bonchev–Trinajstić information content (AvgIpc) is 3.01. The van der Waals surface area contributed by atoms with Gasteiger partial charge < -0.3 is 0 Å². The Morgan fingerprint density at radius 3 is 1.05 bits per heavy atom. The zero-order valence-corrected chi connectivity index (χ0v) is 20.0. The van der Waals surface area contributed by atoms with Gasteiger partial charge in [0.15, 0.2) is 11.6 Å². The molecule has 0 aliphatic heterocycles. The molecule has 8 nitrogen and oxygen atoms in total. The van der Waals surface area contributed by atoms with Crippen LogP contribution in [0.3, 0.4) is 0 Å². The summed E-state index contributed by atoms with van der Waals surface area (Å²) in [7, 11) is 0. The Morgan fingerprint density at radius 1 is 0.342 bits per heavy atom. The SMILES string of the molecule is c1ccc(-c2nc(-c3ccccn3)c3ccc4c(-c5ccccn5)nc(-c5ccccn5)nc4c3n2)nc1. The van der Waals surface area contributed by atoms with Crippen molar-refractivity contribution in [1.29, 1.82) is 0 Å². The van der Waals surface area contributed by atoms with Crippen LogP contribution in [0.15, 0.2) is 110 Å². The molecule has 178 valence electrons. The molecular formula is C30H18N8. The Bertz CT molecular complexity index is 1750. The van der Waals surface area contributed by atoms with Gasteiger partial charge >= 0.3 is 0 Å². The molecular weight excluding hydrogens is 472 g/mol. The van der Waals surface area contributed by atoms with E-state index >= 15 is 0 Å². The summed E-state index contributed by atoms with van der Waals surface area (Å²) < 4.78 is 0. The van der Waals surface area contributed by atoms with Crippen LogP contribution in [0.25, 0.3) is 67.6 Å². The van der Waals surface area contributed by atoms with Gasteiger partial charge in [0.2, 0.25) is 0 Å². The standard InChI is InChI=1S/C30H18N8/c1-5-15-31-21(9-1)25-19-13-14-20-26(22-10-2-6-16-32-22)36-30(24-12-4-8-18-34-24)38-28(20)27(19)37-29(35-25)23-11-3-7-17-33-23/h1-18H. The molecule has 0 saturated carbocycles. The highest BCUT2D eigenvalue weighted by molar-refractivity contribution is 6.11. The molecule has 0 bridgehead atoms. The lowest BCUT2D eigenvalue weighted by atomic mass is 10.0. The first-order chi connectivity index (χ1) is 18.8. The molecule has 7 rings (SSSR count). The number of nitrogens with zero attached hydrogens (tertiary/aromatic N) is 8. The van der Waals surface area contributed by atoms with Crippen molar-refractivity contribution < 1.29 is 0 Å². The van der Waals surface area contributed by atoms with Crippen LogP contribution in [0.5, 0.6) is 0 Å². The molecule has 0 spiro atoms. The third-order valence-electron chi connectivity index (χ3n) is 6.14. The minimum atomic E-state index is 0.489. The number of hydrogen-bond acceptors (Lipinski definition) is 8. The fraction of sp³-hybridized carbons (Fsp3) is 0. The Labute approximate surface area is 217 Å². The smallest absolute Gasteiger partial charge is 0.179 e. The van der Waals surface area contributed by atoms with Gasteiger partial charge in [-0.15, -0.1) is 0 Å². The lowest BCUT2D eigenvalue weighted by Crippen LogP contribution is -2.01. The van der Waals surface area contributed by atoms with Gasteiger partial charge in [0.05, 0.1) is 11.4 Å². The van der Waals surface area contributed by atoms with Gasteiger partial charge in [0.25, 0.3) is 0 Å². The minimum Gasteiger partial charge on any atom is -0.255 e.